The van der Waals surface area contributed by atoms with Crippen LogP contribution < -0.4 is 0 Å². The summed E-state index contributed by atoms with van der Waals surface area (Å²) >= 11 is 1.90. The average molecular weight is 616 g/mol. The van der Waals surface area contributed by atoms with Crippen molar-refractivity contribution in [3.8, 4) is 16.9 Å². The number of pyridine rings is 1. The van der Waals surface area contributed by atoms with Gasteiger partial charge in [-0.2, -0.15) is 0 Å². The third kappa shape index (κ3) is 3.37. The maximum atomic E-state index is 4.91. The highest BCUT2D eigenvalue weighted by Gasteiger charge is 2.25. The molecule has 0 amide bonds. The lowest BCUT2D eigenvalue weighted by molar-refractivity contribution is 1.19. The molecule has 0 saturated carbocycles. The van der Waals surface area contributed by atoms with E-state index in [9.17, 15) is 0 Å². The Balaban J connectivity index is 1.37. The maximum absolute atomic E-state index is 4.91. The minimum absolute atomic E-state index is 0.950. The molecular formula is C43H25N3S. The molecule has 3 nitrogen and oxygen atoms in total. The Hall–Kier alpha value is -5.97. The van der Waals surface area contributed by atoms with Crippen molar-refractivity contribution in [2.24, 2.45) is 0 Å². The van der Waals surface area contributed by atoms with Crippen LogP contribution in [-0.2, 0) is 0 Å². The van der Waals surface area contributed by atoms with E-state index in [4.69, 9.17) is 4.98 Å². The Morgan fingerprint density at radius 1 is 0.468 bits per heavy atom. The number of imidazole rings is 1. The van der Waals surface area contributed by atoms with Crippen molar-refractivity contribution in [3.05, 3.63) is 152 Å². The summed E-state index contributed by atoms with van der Waals surface area (Å²) in [6, 6.07) is 50.9. The van der Waals surface area contributed by atoms with Gasteiger partial charge >= 0.3 is 0 Å². The van der Waals surface area contributed by atoms with Gasteiger partial charge in [-0.3, -0.25) is 0 Å². The van der Waals surface area contributed by atoms with Gasteiger partial charge in [0.1, 0.15) is 5.65 Å². The van der Waals surface area contributed by atoms with Crippen molar-refractivity contribution in [1.29, 1.82) is 0 Å². The van der Waals surface area contributed by atoms with Crippen LogP contribution in [0, 0.1) is 0 Å². The lowest BCUT2D eigenvalue weighted by Crippen LogP contribution is -1.96. The molecule has 11 rings (SSSR count). The molecule has 4 heteroatoms. The molecule has 0 unspecified atom stereocenters. The van der Waals surface area contributed by atoms with E-state index >= 15 is 0 Å². The van der Waals surface area contributed by atoms with Gasteiger partial charge in [0.15, 0.2) is 0 Å². The molecule has 0 radical (unpaired) electrons. The van der Waals surface area contributed by atoms with Crippen LogP contribution in [0.25, 0.3) is 96.9 Å². The van der Waals surface area contributed by atoms with Gasteiger partial charge in [0.05, 0.1) is 16.7 Å². The fourth-order valence-electron chi connectivity index (χ4n) is 7.93. The first-order valence-electron chi connectivity index (χ1n) is 16.0. The Kier molecular flexibility index (Phi) is 4.99. The highest BCUT2D eigenvalue weighted by molar-refractivity contribution is 7.27. The summed E-state index contributed by atoms with van der Waals surface area (Å²) in [4.78, 5) is 4.91. The zero-order valence-electron chi connectivity index (χ0n) is 25.2. The molecule has 4 aromatic heterocycles. The van der Waals surface area contributed by atoms with Crippen LogP contribution in [0.4, 0.5) is 0 Å². The summed E-state index contributed by atoms with van der Waals surface area (Å²) in [7, 11) is 0. The van der Waals surface area contributed by atoms with Crippen molar-refractivity contribution in [3.63, 3.8) is 0 Å². The van der Waals surface area contributed by atoms with E-state index < -0.39 is 0 Å². The van der Waals surface area contributed by atoms with Gasteiger partial charge in [0.25, 0.3) is 0 Å². The number of rotatable bonds is 2. The topological polar surface area (TPSA) is 22.2 Å². The zero-order chi connectivity index (χ0) is 30.6. The maximum Gasteiger partial charge on any atom is 0.137 e. The largest absolute Gasteiger partial charge is 0.308 e. The minimum atomic E-state index is 0.950. The highest BCUT2D eigenvalue weighted by atomic mass is 32.1. The summed E-state index contributed by atoms with van der Waals surface area (Å²) in [6.45, 7) is 0. The second-order valence-electron chi connectivity index (χ2n) is 12.4. The lowest BCUT2D eigenvalue weighted by Gasteiger charge is -2.13. The normalized spacial score (nSPS) is 12.3. The van der Waals surface area contributed by atoms with E-state index in [-0.39, 0.29) is 0 Å². The van der Waals surface area contributed by atoms with Crippen LogP contribution >= 0.6 is 11.3 Å². The third-order valence-corrected chi connectivity index (χ3v) is 11.1. The molecule has 4 heterocycles. The average Bonchev–Trinajstić information content (AvgIpc) is 3.84. The van der Waals surface area contributed by atoms with E-state index in [1.807, 2.05) is 29.5 Å². The first-order chi connectivity index (χ1) is 23.3. The lowest BCUT2D eigenvalue weighted by atomic mass is 9.94. The van der Waals surface area contributed by atoms with Gasteiger partial charge in [-0.15, -0.1) is 11.3 Å². The molecule has 0 aliphatic carbocycles. The fourth-order valence-corrected chi connectivity index (χ4v) is 9.17. The van der Waals surface area contributed by atoms with Gasteiger partial charge in [0.2, 0.25) is 0 Å². The zero-order valence-corrected chi connectivity index (χ0v) is 26.0. The summed E-state index contributed by atoms with van der Waals surface area (Å²) in [5.74, 6) is 0. The SMILES string of the molecule is c1ccc2c(c1)sc1c3ccccc3c3c4c5ccccc5c5ccccc5c4n(-c4ccc(-c5cn6ccccc6n5)cc4)c3c21. The monoisotopic (exact) mass is 615 g/mol. The Morgan fingerprint density at radius 3 is 1.83 bits per heavy atom. The molecule has 0 N–H and O–H groups in total. The van der Waals surface area contributed by atoms with Crippen molar-refractivity contribution in [1.82, 2.24) is 14.0 Å². The van der Waals surface area contributed by atoms with Crippen LogP contribution in [0.5, 0.6) is 0 Å². The van der Waals surface area contributed by atoms with Crippen molar-refractivity contribution in [2.45, 2.75) is 0 Å². The standard InChI is InChI=1S/C43H25N3S/c1-3-13-30-28(11-1)29-12-2-5-15-32(29)41-38(30)39-31-14-4-6-16-33(31)43-40(34-17-7-8-18-36(34)47-43)42(39)46(41)27-22-20-26(21-23-27)35-25-45-24-10-9-19-37(45)44-35/h1-25H. The Labute approximate surface area is 273 Å². The van der Waals surface area contributed by atoms with Gasteiger partial charge in [-0.1, -0.05) is 109 Å². The van der Waals surface area contributed by atoms with Crippen LogP contribution in [0.2, 0.25) is 0 Å². The number of fused-ring (bicyclic) bond motifs is 16. The molecular weight excluding hydrogens is 591 g/mol. The predicted octanol–water partition coefficient (Wildman–Crippen LogP) is 11.9. The van der Waals surface area contributed by atoms with Crippen LogP contribution in [0.3, 0.4) is 0 Å². The van der Waals surface area contributed by atoms with Gasteiger partial charge in [0, 0.05) is 65.4 Å². The van der Waals surface area contributed by atoms with E-state index in [1.165, 1.54) is 74.3 Å². The van der Waals surface area contributed by atoms with E-state index in [0.717, 1.165) is 22.6 Å². The highest BCUT2D eigenvalue weighted by Crippen LogP contribution is 2.50. The number of benzene rings is 7. The molecule has 0 aliphatic heterocycles. The summed E-state index contributed by atoms with van der Waals surface area (Å²) < 4.78 is 7.29. The van der Waals surface area contributed by atoms with Crippen LogP contribution in [0.1, 0.15) is 0 Å². The molecule has 47 heavy (non-hydrogen) atoms. The van der Waals surface area contributed by atoms with Crippen molar-refractivity contribution >= 4 is 91.3 Å². The second kappa shape index (κ2) is 9.29. The quantitative estimate of drug-likeness (QED) is 0.177. The molecule has 0 spiro atoms. The van der Waals surface area contributed by atoms with Crippen LogP contribution in [0.15, 0.2) is 152 Å². The summed E-state index contributed by atoms with van der Waals surface area (Å²) in [5.41, 5.74) is 6.69. The van der Waals surface area contributed by atoms with E-state index in [2.05, 4.69) is 143 Å². The molecule has 0 aliphatic rings. The fraction of sp³-hybridized carbons (Fsp3) is 0. The molecule has 0 atom stereocenters. The van der Waals surface area contributed by atoms with Crippen LogP contribution in [-0.4, -0.2) is 14.0 Å². The first kappa shape index (κ1) is 25.2. The minimum Gasteiger partial charge on any atom is -0.308 e. The second-order valence-corrected chi connectivity index (χ2v) is 13.4. The van der Waals surface area contributed by atoms with Gasteiger partial charge in [-0.05, 0) is 51.9 Å². The number of hydrogen-bond acceptors (Lipinski definition) is 2. The molecule has 0 fully saturated rings. The third-order valence-electron chi connectivity index (χ3n) is 9.90. The van der Waals surface area contributed by atoms with Crippen molar-refractivity contribution in [2.75, 3.05) is 0 Å². The molecule has 0 bridgehead atoms. The van der Waals surface area contributed by atoms with E-state index in [0.29, 0.717) is 0 Å². The smallest absolute Gasteiger partial charge is 0.137 e. The molecule has 218 valence electrons. The molecule has 7 aromatic carbocycles. The predicted molar refractivity (Wildman–Crippen MR) is 200 cm³/mol. The Bertz CT molecular complexity index is 3030. The molecule has 11 aromatic rings. The number of nitrogens with zero attached hydrogens (tertiary/aromatic N) is 3. The number of thiophene rings is 1. The summed E-state index contributed by atoms with van der Waals surface area (Å²) in [6.07, 6.45) is 4.16. The van der Waals surface area contributed by atoms with Gasteiger partial charge < -0.3 is 8.97 Å². The molecule has 0 saturated heterocycles. The first-order valence-corrected chi connectivity index (χ1v) is 16.8. The van der Waals surface area contributed by atoms with Gasteiger partial charge in [-0.25, -0.2) is 4.98 Å². The number of aromatic nitrogens is 3. The summed E-state index contributed by atoms with van der Waals surface area (Å²) in [5, 5.41) is 13.0. The van der Waals surface area contributed by atoms with Crippen molar-refractivity contribution < 1.29 is 0 Å². The van der Waals surface area contributed by atoms with E-state index in [1.54, 1.807) is 0 Å². The number of hydrogen-bond donors (Lipinski definition) is 0. The Morgan fingerprint density at radius 2 is 1.06 bits per heavy atom.